The second-order valence-electron chi connectivity index (χ2n) is 5.79. The Morgan fingerprint density at radius 2 is 2.07 bits per heavy atom. The quantitative estimate of drug-likeness (QED) is 0.301. The molecule has 0 aliphatic heterocycles. The van der Waals surface area contributed by atoms with E-state index in [2.05, 4.69) is 0 Å². The number of hydrogen-bond donors (Lipinski definition) is 0. The van der Waals surface area contributed by atoms with E-state index in [9.17, 15) is 4.79 Å². The minimum Gasteiger partial charge on any atom is -0.467 e. The zero-order valence-corrected chi connectivity index (χ0v) is 17.9. The Balaban J connectivity index is 1.84. The van der Waals surface area contributed by atoms with E-state index in [1.165, 1.54) is 4.70 Å². The summed E-state index contributed by atoms with van der Waals surface area (Å²) < 4.78 is 12.6. The van der Waals surface area contributed by atoms with Crippen LogP contribution in [0, 0.1) is 0 Å². The number of furan rings is 2. The van der Waals surface area contributed by atoms with Crippen LogP contribution in [0.2, 0.25) is 10.0 Å². The number of halogens is 2. The van der Waals surface area contributed by atoms with Crippen molar-refractivity contribution in [1.82, 2.24) is 4.90 Å². The van der Waals surface area contributed by atoms with Crippen molar-refractivity contribution in [1.29, 1.82) is 0 Å². The van der Waals surface area contributed by atoms with Crippen molar-refractivity contribution in [3.8, 4) is 11.3 Å². The van der Waals surface area contributed by atoms with Crippen LogP contribution in [0.25, 0.3) is 17.4 Å². The van der Waals surface area contributed by atoms with Gasteiger partial charge in [0.15, 0.2) is 0 Å². The van der Waals surface area contributed by atoms with Crippen molar-refractivity contribution < 1.29 is 13.6 Å². The monoisotopic (exact) mass is 451 g/mol. The molecule has 0 aliphatic carbocycles. The summed E-state index contributed by atoms with van der Waals surface area (Å²) >= 11 is 18.4. The summed E-state index contributed by atoms with van der Waals surface area (Å²) in [4.78, 5) is 14.8. The molecule has 1 amide bonds. The fraction of sp³-hybridized carbons (Fsp3) is 0.100. The molecule has 2 heterocycles. The number of hydrogen-bond acceptors (Lipinski definition) is 5. The van der Waals surface area contributed by atoms with Crippen molar-refractivity contribution in [3.63, 3.8) is 0 Å². The highest BCUT2D eigenvalue weighted by atomic mass is 35.5. The van der Waals surface area contributed by atoms with Gasteiger partial charge < -0.3 is 13.7 Å². The van der Waals surface area contributed by atoms with Gasteiger partial charge in [-0.15, -0.1) is 0 Å². The van der Waals surface area contributed by atoms with E-state index in [4.69, 9.17) is 44.3 Å². The number of nitrogens with zero attached hydrogens (tertiary/aromatic N) is 1. The molecule has 28 heavy (non-hydrogen) atoms. The molecule has 0 atom stereocenters. The first-order valence-electron chi connectivity index (χ1n) is 8.13. The van der Waals surface area contributed by atoms with E-state index in [-0.39, 0.29) is 5.91 Å². The van der Waals surface area contributed by atoms with Gasteiger partial charge in [0.05, 0.1) is 22.7 Å². The van der Waals surface area contributed by atoms with Gasteiger partial charge in [-0.2, -0.15) is 0 Å². The van der Waals surface area contributed by atoms with Gasteiger partial charge in [0.1, 0.15) is 17.3 Å². The zero-order valence-electron chi connectivity index (χ0n) is 14.7. The fourth-order valence-corrected chi connectivity index (χ4v) is 3.72. The average molecular weight is 452 g/mol. The molecule has 3 rings (SSSR count). The third-order valence-electron chi connectivity index (χ3n) is 3.80. The Morgan fingerprint density at radius 3 is 2.79 bits per heavy atom. The summed E-state index contributed by atoms with van der Waals surface area (Å²) in [6.45, 7) is 0.350. The summed E-state index contributed by atoms with van der Waals surface area (Å²) in [5.41, 5.74) is 0.680. The molecule has 8 heteroatoms. The van der Waals surface area contributed by atoms with Crippen molar-refractivity contribution in [2.75, 3.05) is 7.05 Å². The van der Waals surface area contributed by atoms with E-state index in [1.807, 2.05) is 6.07 Å². The van der Waals surface area contributed by atoms with E-state index in [0.717, 1.165) is 11.8 Å². The first kappa shape index (κ1) is 20.7. The van der Waals surface area contributed by atoms with Crippen LogP contribution in [-0.2, 0) is 11.3 Å². The lowest BCUT2D eigenvalue weighted by Crippen LogP contribution is -2.26. The molecule has 0 N–H and O–H groups in total. The van der Waals surface area contributed by atoms with Crippen molar-refractivity contribution in [2.45, 2.75) is 6.54 Å². The second-order valence-corrected chi connectivity index (χ2v) is 8.08. The number of benzene rings is 1. The van der Waals surface area contributed by atoms with Crippen molar-refractivity contribution in [3.05, 3.63) is 75.2 Å². The summed E-state index contributed by atoms with van der Waals surface area (Å²) in [5, 5.41) is 1.08. The van der Waals surface area contributed by atoms with Crippen LogP contribution < -0.4 is 0 Å². The molecular formula is C20H15Cl2NO3S2. The summed E-state index contributed by atoms with van der Waals surface area (Å²) in [6.07, 6.45) is 3.22. The Morgan fingerprint density at radius 1 is 1.25 bits per heavy atom. The normalized spacial score (nSPS) is 11.5. The Labute approximate surface area is 182 Å². The molecule has 0 saturated carbocycles. The van der Waals surface area contributed by atoms with Crippen LogP contribution in [-0.4, -0.2) is 22.6 Å². The molecule has 0 unspecified atom stereocenters. The predicted octanol–water partition coefficient (Wildman–Crippen LogP) is 6.54. The molecule has 2 aromatic heterocycles. The minimum absolute atomic E-state index is 0.193. The predicted molar refractivity (Wildman–Crippen MR) is 119 cm³/mol. The summed E-state index contributed by atoms with van der Waals surface area (Å²) in [6, 6.07) is 12.3. The third-order valence-corrected chi connectivity index (χ3v) is 5.30. The standard InChI is InChI=1S/C20H15Cl2NO3S2/c1-23(11-15-3-2-8-25-15)20(24)19(28-12-27)10-14-5-7-18(26-14)16-9-13(21)4-6-17(16)22/h2-10,12H,11H2,1H3/b19-10-. The van der Waals surface area contributed by atoms with Gasteiger partial charge in [-0.1, -0.05) is 47.2 Å². The maximum atomic E-state index is 12.8. The van der Waals surface area contributed by atoms with Crippen LogP contribution in [0.3, 0.4) is 0 Å². The van der Waals surface area contributed by atoms with Crippen molar-refractivity contribution in [2.24, 2.45) is 0 Å². The number of likely N-dealkylation sites (N-methyl/N-ethyl adjacent to an activating group) is 1. The topological polar surface area (TPSA) is 46.6 Å². The van der Waals surface area contributed by atoms with E-state index in [0.29, 0.717) is 44.3 Å². The highest BCUT2D eigenvalue weighted by molar-refractivity contribution is 8.24. The summed E-state index contributed by atoms with van der Waals surface area (Å²) in [5.74, 6) is 1.56. The van der Waals surface area contributed by atoms with Gasteiger partial charge >= 0.3 is 0 Å². The number of amides is 1. The van der Waals surface area contributed by atoms with Gasteiger partial charge in [-0.05, 0) is 42.5 Å². The Bertz CT molecular complexity index is 1010. The van der Waals surface area contributed by atoms with Gasteiger partial charge in [0, 0.05) is 28.4 Å². The van der Waals surface area contributed by atoms with E-state index >= 15 is 0 Å². The SMILES string of the molecule is CN(Cc1ccco1)C(=O)/C(=C/c1ccc(-c2cc(Cl)ccc2Cl)o1)SC=S. The van der Waals surface area contributed by atoms with E-state index < -0.39 is 0 Å². The van der Waals surface area contributed by atoms with Crippen LogP contribution in [0.4, 0.5) is 0 Å². The molecule has 0 radical (unpaired) electrons. The molecule has 0 aliphatic rings. The Kier molecular flexibility index (Phi) is 7.02. The van der Waals surface area contributed by atoms with Crippen LogP contribution in [0.1, 0.15) is 11.5 Å². The lowest BCUT2D eigenvalue weighted by atomic mass is 10.2. The number of thiocarbonyl (C=S) groups is 1. The highest BCUT2D eigenvalue weighted by Gasteiger charge is 2.17. The molecule has 1 aromatic carbocycles. The largest absolute Gasteiger partial charge is 0.467 e. The van der Waals surface area contributed by atoms with Gasteiger partial charge in [-0.3, -0.25) is 4.79 Å². The maximum Gasteiger partial charge on any atom is 0.260 e. The zero-order chi connectivity index (χ0) is 20.1. The summed E-state index contributed by atoms with van der Waals surface area (Å²) in [7, 11) is 1.70. The minimum atomic E-state index is -0.193. The molecule has 144 valence electrons. The van der Waals surface area contributed by atoms with E-state index in [1.54, 1.807) is 60.7 Å². The number of rotatable bonds is 7. The van der Waals surface area contributed by atoms with Gasteiger partial charge in [-0.25, -0.2) is 0 Å². The number of thioether (sulfide) groups is 1. The van der Waals surface area contributed by atoms with Gasteiger partial charge in [0.2, 0.25) is 0 Å². The first-order valence-corrected chi connectivity index (χ1v) is 10.2. The van der Waals surface area contributed by atoms with Crippen molar-refractivity contribution >= 4 is 63.9 Å². The maximum absolute atomic E-state index is 12.8. The van der Waals surface area contributed by atoms with Crippen LogP contribution in [0.15, 0.2) is 62.5 Å². The molecule has 0 saturated heterocycles. The fourth-order valence-electron chi connectivity index (χ4n) is 2.48. The molecule has 3 aromatic rings. The first-order chi connectivity index (χ1) is 13.5. The molecule has 0 spiro atoms. The number of carbonyl (C=O) groups excluding carboxylic acids is 1. The smallest absolute Gasteiger partial charge is 0.260 e. The van der Waals surface area contributed by atoms with Gasteiger partial charge in [0.25, 0.3) is 5.91 Å². The highest BCUT2D eigenvalue weighted by Crippen LogP contribution is 2.33. The lowest BCUT2D eigenvalue weighted by molar-refractivity contribution is -0.125. The lowest BCUT2D eigenvalue weighted by Gasteiger charge is -2.16. The molecule has 0 fully saturated rings. The second kappa shape index (κ2) is 9.47. The van der Waals surface area contributed by atoms with Crippen LogP contribution >= 0.6 is 47.2 Å². The molecule has 4 nitrogen and oxygen atoms in total. The van der Waals surface area contributed by atoms with Crippen LogP contribution in [0.5, 0.6) is 0 Å². The average Bonchev–Trinajstić information content (AvgIpc) is 3.35. The third kappa shape index (κ3) is 5.08. The molecular weight excluding hydrogens is 437 g/mol. The number of carbonyl (C=O) groups is 1. The Hall–Kier alpha value is -1.99. The molecule has 0 bridgehead atoms.